The van der Waals surface area contributed by atoms with Crippen LogP contribution in [-0.4, -0.2) is 14.2 Å². The fourth-order valence-corrected chi connectivity index (χ4v) is 0.821. The average molecular weight is 156 g/mol. The van der Waals surface area contributed by atoms with Gasteiger partial charge in [-0.1, -0.05) is 0 Å². The van der Waals surface area contributed by atoms with E-state index >= 15 is 0 Å². The highest BCUT2D eigenvalue weighted by atomic mass is 16.7. The standard InChI is InChI=1S/C8H12O3/c1-8(9-2,10-3)7-5-4-6-11-7/h4-6H,1-3H3. The van der Waals surface area contributed by atoms with Gasteiger partial charge in [0.15, 0.2) is 5.76 Å². The fourth-order valence-electron chi connectivity index (χ4n) is 0.821. The van der Waals surface area contributed by atoms with Crippen molar-refractivity contribution in [2.75, 3.05) is 14.2 Å². The van der Waals surface area contributed by atoms with Crippen molar-refractivity contribution in [1.82, 2.24) is 0 Å². The first-order chi connectivity index (χ1) is 5.23. The zero-order valence-corrected chi connectivity index (χ0v) is 6.96. The van der Waals surface area contributed by atoms with Crippen molar-refractivity contribution in [3.63, 3.8) is 0 Å². The maximum atomic E-state index is 5.13. The fraction of sp³-hybridized carbons (Fsp3) is 0.500. The molecule has 0 bridgehead atoms. The third-order valence-corrected chi connectivity index (χ3v) is 1.75. The maximum Gasteiger partial charge on any atom is 0.224 e. The molecule has 1 heterocycles. The zero-order chi connectivity index (χ0) is 8.32. The van der Waals surface area contributed by atoms with Crippen LogP contribution < -0.4 is 0 Å². The van der Waals surface area contributed by atoms with Crippen LogP contribution in [0.2, 0.25) is 0 Å². The minimum atomic E-state index is -0.760. The maximum absolute atomic E-state index is 5.13. The third kappa shape index (κ3) is 1.44. The van der Waals surface area contributed by atoms with E-state index in [-0.39, 0.29) is 0 Å². The number of hydrogen-bond acceptors (Lipinski definition) is 3. The third-order valence-electron chi connectivity index (χ3n) is 1.75. The van der Waals surface area contributed by atoms with E-state index in [0.717, 1.165) is 0 Å². The van der Waals surface area contributed by atoms with E-state index in [0.29, 0.717) is 5.76 Å². The molecular weight excluding hydrogens is 144 g/mol. The van der Waals surface area contributed by atoms with Gasteiger partial charge in [-0.15, -0.1) is 0 Å². The van der Waals surface area contributed by atoms with E-state index in [4.69, 9.17) is 13.9 Å². The second kappa shape index (κ2) is 3.07. The van der Waals surface area contributed by atoms with Crippen LogP contribution in [0.5, 0.6) is 0 Å². The molecule has 3 nitrogen and oxygen atoms in total. The molecule has 1 rings (SSSR count). The molecule has 0 aliphatic heterocycles. The molecule has 0 unspecified atom stereocenters. The SMILES string of the molecule is COC(C)(OC)c1ccco1. The van der Waals surface area contributed by atoms with Crippen LogP contribution in [0, 0.1) is 0 Å². The van der Waals surface area contributed by atoms with Crippen LogP contribution >= 0.6 is 0 Å². The predicted molar refractivity (Wildman–Crippen MR) is 40.1 cm³/mol. The van der Waals surface area contributed by atoms with Gasteiger partial charge in [0, 0.05) is 14.2 Å². The molecule has 0 amide bonds. The zero-order valence-electron chi connectivity index (χ0n) is 6.96. The van der Waals surface area contributed by atoms with E-state index in [9.17, 15) is 0 Å². The van der Waals surface area contributed by atoms with E-state index in [1.165, 1.54) is 0 Å². The molecule has 0 atom stereocenters. The molecule has 0 N–H and O–H groups in total. The second-order valence-electron chi connectivity index (χ2n) is 2.33. The van der Waals surface area contributed by atoms with Gasteiger partial charge >= 0.3 is 0 Å². The van der Waals surface area contributed by atoms with Gasteiger partial charge in [0.2, 0.25) is 5.79 Å². The molecule has 3 heteroatoms. The summed E-state index contributed by atoms with van der Waals surface area (Å²) in [7, 11) is 3.15. The van der Waals surface area contributed by atoms with E-state index in [2.05, 4.69) is 0 Å². The topological polar surface area (TPSA) is 31.6 Å². The molecule has 0 spiro atoms. The van der Waals surface area contributed by atoms with Crippen LogP contribution in [0.25, 0.3) is 0 Å². The Kier molecular flexibility index (Phi) is 2.31. The first kappa shape index (κ1) is 8.30. The minimum Gasteiger partial charge on any atom is -0.464 e. The van der Waals surface area contributed by atoms with Crippen LogP contribution in [-0.2, 0) is 15.3 Å². The monoisotopic (exact) mass is 156 g/mol. The molecule has 62 valence electrons. The average Bonchev–Trinajstić information content (AvgIpc) is 2.55. The molecule has 0 aliphatic rings. The van der Waals surface area contributed by atoms with E-state index in [1.54, 1.807) is 33.5 Å². The van der Waals surface area contributed by atoms with E-state index in [1.807, 2.05) is 6.07 Å². The summed E-state index contributed by atoms with van der Waals surface area (Å²) in [6.07, 6.45) is 1.59. The van der Waals surface area contributed by atoms with Crippen molar-refractivity contribution in [3.05, 3.63) is 24.2 Å². The Hall–Kier alpha value is -0.800. The van der Waals surface area contributed by atoms with Gasteiger partial charge in [0.05, 0.1) is 6.26 Å². The lowest BCUT2D eigenvalue weighted by Gasteiger charge is -2.23. The van der Waals surface area contributed by atoms with Crippen molar-refractivity contribution in [3.8, 4) is 0 Å². The molecule has 0 saturated heterocycles. The van der Waals surface area contributed by atoms with E-state index < -0.39 is 5.79 Å². The summed E-state index contributed by atoms with van der Waals surface area (Å²) in [4.78, 5) is 0. The lowest BCUT2D eigenvalue weighted by molar-refractivity contribution is -0.212. The molecule has 1 aromatic rings. The quantitative estimate of drug-likeness (QED) is 0.625. The molecule has 0 fully saturated rings. The number of ether oxygens (including phenoxy) is 2. The van der Waals surface area contributed by atoms with Crippen LogP contribution in [0.4, 0.5) is 0 Å². The smallest absolute Gasteiger partial charge is 0.224 e. The van der Waals surface area contributed by atoms with Gasteiger partial charge in [-0.3, -0.25) is 0 Å². The Balaban J connectivity index is 2.87. The van der Waals surface area contributed by atoms with Gasteiger partial charge in [0.1, 0.15) is 0 Å². The molecule has 0 radical (unpaired) electrons. The Bertz CT molecular complexity index is 199. The van der Waals surface area contributed by atoms with Gasteiger partial charge in [-0.2, -0.15) is 0 Å². The van der Waals surface area contributed by atoms with Gasteiger partial charge < -0.3 is 13.9 Å². The molecular formula is C8H12O3. The number of furan rings is 1. The lowest BCUT2D eigenvalue weighted by Crippen LogP contribution is -2.25. The lowest BCUT2D eigenvalue weighted by atomic mass is 10.2. The summed E-state index contributed by atoms with van der Waals surface area (Å²) in [6.45, 7) is 1.80. The normalized spacial score (nSPS) is 11.9. The summed E-state index contributed by atoms with van der Waals surface area (Å²) >= 11 is 0. The Morgan fingerprint density at radius 1 is 1.36 bits per heavy atom. The first-order valence-electron chi connectivity index (χ1n) is 3.37. The second-order valence-corrected chi connectivity index (χ2v) is 2.33. The van der Waals surface area contributed by atoms with Crippen molar-refractivity contribution in [2.24, 2.45) is 0 Å². The van der Waals surface area contributed by atoms with Crippen LogP contribution in [0.3, 0.4) is 0 Å². The van der Waals surface area contributed by atoms with Crippen LogP contribution in [0.1, 0.15) is 12.7 Å². The summed E-state index contributed by atoms with van der Waals surface area (Å²) in [6, 6.07) is 3.61. The first-order valence-corrected chi connectivity index (χ1v) is 3.37. The van der Waals surface area contributed by atoms with Gasteiger partial charge in [-0.25, -0.2) is 0 Å². The molecule has 1 aromatic heterocycles. The van der Waals surface area contributed by atoms with Crippen molar-refractivity contribution < 1.29 is 13.9 Å². The minimum absolute atomic E-state index is 0.669. The van der Waals surface area contributed by atoms with Crippen molar-refractivity contribution in [2.45, 2.75) is 12.7 Å². The number of methoxy groups -OCH3 is 2. The van der Waals surface area contributed by atoms with Gasteiger partial charge in [-0.05, 0) is 19.1 Å². The molecule has 0 aromatic carbocycles. The predicted octanol–water partition coefficient (Wildman–Crippen LogP) is 1.75. The highest BCUT2D eigenvalue weighted by molar-refractivity contribution is 5.04. The number of rotatable bonds is 3. The summed E-state index contributed by atoms with van der Waals surface area (Å²) in [5.41, 5.74) is 0. The van der Waals surface area contributed by atoms with Crippen molar-refractivity contribution >= 4 is 0 Å². The number of hydrogen-bond donors (Lipinski definition) is 0. The van der Waals surface area contributed by atoms with Crippen LogP contribution in [0.15, 0.2) is 22.8 Å². The summed E-state index contributed by atoms with van der Waals surface area (Å²) in [5, 5.41) is 0. The Morgan fingerprint density at radius 3 is 2.36 bits per heavy atom. The summed E-state index contributed by atoms with van der Waals surface area (Å²) in [5.74, 6) is -0.0914. The van der Waals surface area contributed by atoms with Crippen molar-refractivity contribution in [1.29, 1.82) is 0 Å². The Labute approximate surface area is 65.9 Å². The highest BCUT2D eigenvalue weighted by Crippen LogP contribution is 2.24. The van der Waals surface area contributed by atoms with Gasteiger partial charge in [0.25, 0.3) is 0 Å². The Morgan fingerprint density at radius 2 is 2.00 bits per heavy atom. The largest absolute Gasteiger partial charge is 0.464 e. The highest BCUT2D eigenvalue weighted by Gasteiger charge is 2.28. The molecule has 0 aliphatic carbocycles. The molecule has 11 heavy (non-hydrogen) atoms. The molecule has 0 saturated carbocycles. The summed E-state index contributed by atoms with van der Waals surface area (Å²) < 4.78 is 15.4.